The summed E-state index contributed by atoms with van der Waals surface area (Å²) in [6, 6.07) is 55.7. The van der Waals surface area contributed by atoms with Crippen LogP contribution < -0.4 is 4.74 Å². The number of ether oxygens (including phenoxy) is 1. The van der Waals surface area contributed by atoms with Crippen LogP contribution in [0.15, 0.2) is 158 Å². The topological polar surface area (TPSA) is 35.0 Å². The van der Waals surface area contributed by atoms with Crippen LogP contribution in [-0.4, -0.2) is 9.97 Å². The van der Waals surface area contributed by atoms with Crippen molar-refractivity contribution in [2.45, 2.75) is 24.7 Å². The zero-order valence-corrected chi connectivity index (χ0v) is 26.3. The lowest BCUT2D eigenvalue weighted by Crippen LogP contribution is -2.43. The molecule has 1 aromatic heterocycles. The van der Waals surface area contributed by atoms with E-state index >= 15 is 0 Å². The fraction of sp³-hybridized carbons (Fsp3) is 0.0909. The number of fused-ring (bicyclic) bond motifs is 8. The lowest BCUT2D eigenvalue weighted by Gasteiger charge is -2.50. The van der Waals surface area contributed by atoms with Crippen molar-refractivity contribution in [3.05, 3.63) is 191 Å². The van der Waals surface area contributed by atoms with Crippen molar-refractivity contribution in [2.24, 2.45) is 0 Å². The second-order valence-electron chi connectivity index (χ2n) is 13.0. The molecule has 3 heteroatoms. The van der Waals surface area contributed by atoms with Gasteiger partial charge in [0, 0.05) is 33.2 Å². The SMILES string of the molecule is CC1(C)c2ccccc2C2(c3ccccc3Oc3ccccc32)c2ccc(-c3nc(-c4ccccc4)cc(-c4ccccc4)n3)cc21. The van der Waals surface area contributed by atoms with Gasteiger partial charge in [0.15, 0.2) is 5.82 Å². The maximum absolute atomic E-state index is 6.57. The van der Waals surface area contributed by atoms with Crippen LogP contribution in [0.4, 0.5) is 0 Å². The molecule has 0 unspecified atom stereocenters. The number of para-hydroxylation sites is 2. The van der Waals surface area contributed by atoms with E-state index in [1.807, 2.05) is 12.1 Å². The number of nitrogens with zero attached hydrogens (tertiary/aromatic N) is 2. The molecular formula is C44H32N2O. The predicted molar refractivity (Wildman–Crippen MR) is 189 cm³/mol. The zero-order chi connectivity index (χ0) is 31.6. The summed E-state index contributed by atoms with van der Waals surface area (Å²) in [5.41, 5.74) is 11.5. The van der Waals surface area contributed by atoms with E-state index in [0.717, 1.165) is 50.7 Å². The van der Waals surface area contributed by atoms with Gasteiger partial charge in [-0.25, -0.2) is 9.97 Å². The molecule has 0 fully saturated rings. The van der Waals surface area contributed by atoms with Gasteiger partial charge in [-0.3, -0.25) is 0 Å². The van der Waals surface area contributed by atoms with Crippen molar-refractivity contribution in [3.63, 3.8) is 0 Å². The number of hydrogen-bond acceptors (Lipinski definition) is 3. The van der Waals surface area contributed by atoms with Gasteiger partial charge in [-0.2, -0.15) is 0 Å². The highest BCUT2D eigenvalue weighted by Crippen LogP contribution is 2.61. The molecule has 2 heterocycles. The molecule has 47 heavy (non-hydrogen) atoms. The van der Waals surface area contributed by atoms with Crippen LogP contribution in [0.5, 0.6) is 11.5 Å². The summed E-state index contributed by atoms with van der Waals surface area (Å²) in [5.74, 6) is 2.49. The maximum atomic E-state index is 6.57. The van der Waals surface area contributed by atoms with E-state index in [1.54, 1.807) is 0 Å². The molecule has 1 aliphatic carbocycles. The predicted octanol–water partition coefficient (Wildman–Crippen LogP) is 10.6. The standard InChI is InChI=1S/C44H32N2O/c1-43(2)32-19-9-10-20-33(32)44(35-21-11-13-23-40(35)47-41-24-14-12-22-36(41)44)34-26-25-31(27-37(34)43)42-45-38(29-15-5-3-6-16-29)28-39(46-42)30-17-7-4-8-18-30/h3-28H,1-2H3. The third kappa shape index (κ3) is 4.06. The van der Waals surface area contributed by atoms with Crippen LogP contribution in [0.25, 0.3) is 33.9 Å². The minimum atomic E-state index is -0.548. The molecule has 0 atom stereocenters. The number of hydrogen-bond donors (Lipinski definition) is 0. The van der Waals surface area contributed by atoms with E-state index in [0.29, 0.717) is 5.82 Å². The van der Waals surface area contributed by atoms with Gasteiger partial charge in [-0.15, -0.1) is 0 Å². The molecule has 6 aromatic carbocycles. The Kier molecular flexibility index (Phi) is 6.07. The molecular weight excluding hydrogens is 572 g/mol. The molecule has 0 N–H and O–H groups in total. The Morgan fingerprint density at radius 2 is 0.872 bits per heavy atom. The van der Waals surface area contributed by atoms with Crippen molar-refractivity contribution in [1.29, 1.82) is 0 Å². The molecule has 0 bridgehead atoms. The van der Waals surface area contributed by atoms with E-state index in [4.69, 9.17) is 14.7 Å². The first-order valence-electron chi connectivity index (χ1n) is 16.2. The Morgan fingerprint density at radius 1 is 0.404 bits per heavy atom. The Hall–Kier alpha value is -5.80. The highest BCUT2D eigenvalue weighted by atomic mass is 16.5. The lowest BCUT2D eigenvalue weighted by molar-refractivity contribution is 0.425. The Morgan fingerprint density at radius 3 is 1.45 bits per heavy atom. The van der Waals surface area contributed by atoms with Crippen molar-refractivity contribution < 1.29 is 4.74 Å². The van der Waals surface area contributed by atoms with Crippen LogP contribution in [0.2, 0.25) is 0 Å². The molecule has 0 saturated carbocycles. The summed E-state index contributed by atoms with van der Waals surface area (Å²) in [6.45, 7) is 4.68. The van der Waals surface area contributed by atoms with Crippen LogP contribution >= 0.6 is 0 Å². The monoisotopic (exact) mass is 604 g/mol. The van der Waals surface area contributed by atoms with Gasteiger partial charge in [-0.1, -0.05) is 147 Å². The molecule has 0 radical (unpaired) electrons. The average Bonchev–Trinajstić information content (AvgIpc) is 3.14. The summed E-state index contributed by atoms with van der Waals surface area (Å²) in [6.07, 6.45) is 0. The molecule has 9 rings (SSSR count). The minimum Gasteiger partial charge on any atom is -0.457 e. The first-order valence-corrected chi connectivity index (χ1v) is 16.2. The van der Waals surface area contributed by atoms with E-state index in [2.05, 4.69) is 159 Å². The summed E-state index contributed by atoms with van der Waals surface area (Å²) in [4.78, 5) is 10.4. The van der Waals surface area contributed by atoms with Crippen LogP contribution in [0, 0.1) is 0 Å². The molecule has 1 spiro atoms. The molecule has 224 valence electrons. The van der Waals surface area contributed by atoms with Gasteiger partial charge in [-0.05, 0) is 46.5 Å². The van der Waals surface area contributed by atoms with E-state index in [9.17, 15) is 0 Å². The lowest BCUT2D eigenvalue weighted by atomic mass is 9.53. The second kappa shape index (κ2) is 10.4. The number of aromatic nitrogens is 2. The van der Waals surface area contributed by atoms with Gasteiger partial charge in [0.2, 0.25) is 0 Å². The second-order valence-corrected chi connectivity index (χ2v) is 13.0. The first kappa shape index (κ1) is 27.5. The smallest absolute Gasteiger partial charge is 0.160 e. The Bertz CT molecular complexity index is 2200. The molecule has 0 saturated heterocycles. The van der Waals surface area contributed by atoms with Crippen LogP contribution in [0.3, 0.4) is 0 Å². The Balaban J connectivity index is 1.33. The third-order valence-corrected chi connectivity index (χ3v) is 10.0. The van der Waals surface area contributed by atoms with E-state index in [-0.39, 0.29) is 5.41 Å². The molecule has 1 aliphatic heterocycles. The zero-order valence-electron chi connectivity index (χ0n) is 26.3. The van der Waals surface area contributed by atoms with Crippen molar-refractivity contribution >= 4 is 0 Å². The number of benzene rings is 6. The quantitative estimate of drug-likeness (QED) is 0.201. The van der Waals surface area contributed by atoms with Gasteiger partial charge in [0.05, 0.1) is 16.8 Å². The number of rotatable bonds is 3. The average molecular weight is 605 g/mol. The minimum absolute atomic E-state index is 0.283. The molecule has 3 nitrogen and oxygen atoms in total. The van der Waals surface area contributed by atoms with Gasteiger partial charge >= 0.3 is 0 Å². The van der Waals surface area contributed by atoms with Gasteiger partial charge < -0.3 is 4.74 Å². The normalized spacial score (nSPS) is 14.7. The van der Waals surface area contributed by atoms with Gasteiger partial charge in [0.25, 0.3) is 0 Å². The van der Waals surface area contributed by atoms with Crippen LogP contribution in [0.1, 0.15) is 47.2 Å². The maximum Gasteiger partial charge on any atom is 0.160 e. The van der Waals surface area contributed by atoms with E-state index < -0.39 is 5.41 Å². The first-order chi connectivity index (χ1) is 23.0. The molecule has 7 aromatic rings. The molecule has 2 aliphatic rings. The van der Waals surface area contributed by atoms with Crippen molar-refractivity contribution in [1.82, 2.24) is 9.97 Å². The van der Waals surface area contributed by atoms with E-state index in [1.165, 1.54) is 22.3 Å². The highest BCUT2D eigenvalue weighted by Gasteiger charge is 2.52. The third-order valence-electron chi connectivity index (χ3n) is 10.0. The largest absolute Gasteiger partial charge is 0.457 e. The fourth-order valence-corrected chi connectivity index (χ4v) is 7.84. The van der Waals surface area contributed by atoms with Crippen LogP contribution in [-0.2, 0) is 10.8 Å². The summed E-state index contributed by atoms with van der Waals surface area (Å²) in [7, 11) is 0. The van der Waals surface area contributed by atoms with Gasteiger partial charge in [0.1, 0.15) is 11.5 Å². The molecule has 0 amide bonds. The summed E-state index contributed by atoms with van der Waals surface area (Å²) in [5, 5.41) is 0. The summed E-state index contributed by atoms with van der Waals surface area (Å²) < 4.78 is 6.57. The van der Waals surface area contributed by atoms with Crippen molar-refractivity contribution in [3.8, 4) is 45.4 Å². The van der Waals surface area contributed by atoms with Crippen molar-refractivity contribution in [2.75, 3.05) is 0 Å². The fourth-order valence-electron chi connectivity index (χ4n) is 7.84. The highest BCUT2D eigenvalue weighted by molar-refractivity contribution is 5.78. The Labute approximate surface area is 275 Å². The summed E-state index contributed by atoms with van der Waals surface area (Å²) >= 11 is 0.